The molecule has 0 radical (unpaired) electrons. The van der Waals surface area contributed by atoms with Crippen LogP contribution in [0, 0.1) is 5.92 Å². The topological polar surface area (TPSA) is 66.0 Å². The Balaban J connectivity index is 1.33. The first-order valence-electron chi connectivity index (χ1n) is 11.5. The second-order valence-electron chi connectivity index (χ2n) is 8.90. The van der Waals surface area contributed by atoms with Crippen molar-refractivity contribution < 1.29 is 14.3 Å². The van der Waals surface area contributed by atoms with E-state index in [1.54, 1.807) is 6.20 Å². The second-order valence-corrected chi connectivity index (χ2v) is 8.90. The number of hydrogen-bond acceptors (Lipinski definition) is 5. The van der Waals surface area contributed by atoms with Gasteiger partial charge >= 0.3 is 0 Å². The van der Waals surface area contributed by atoms with E-state index in [0.29, 0.717) is 38.3 Å². The first kappa shape index (κ1) is 21.2. The van der Waals surface area contributed by atoms with Crippen molar-refractivity contribution in [1.29, 1.82) is 0 Å². The molecule has 4 heterocycles. The summed E-state index contributed by atoms with van der Waals surface area (Å²) in [4.78, 5) is 36.4. The van der Waals surface area contributed by atoms with Gasteiger partial charge in [0.1, 0.15) is 0 Å². The normalized spacial score (nSPS) is 23.7. The standard InChI is InChI=1S/C23H34N4O3/c1-18-6-10-25(11-7-18)12-8-22(28)27-9-2-3-21(27)20-5-4-19(17-24-20)23(29)26-13-15-30-16-14-26/h4-5,17-18,21H,2-3,6-16H2,1H3/t21-/m0/s1. The zero-order valence-corrected chi connectivity index (χ0v) is 18.1. The fraction of sp³-hybridized carbons (Fsp3) is 0.696. The number of piperidine rings is 1. The molecule has 3 aliphatic heterocycles. The maximum Gasteiger partial charge on any atom is 0.255 e. The number of rotatable bonds is 5. The van der Waals surface area contributed by atoms with Gasteiger partial charge in [-0.25, -0.2) is 0 Å². The number of nitrogens with zero attached hydrogens (tertiary/aromatic N) is 4. The number of ether oxygens (including phenoxy) is 1. The minimum Gasteiger partial charge on any atom is -0.378 e. The van der Waals surface area contributed by atoms with Crippen LogP contribution in [0.1, 0.15) is 61.1 Å². The number of hydrogen-bond donors (Lipinski definition) is 0. The Bertz CT molecular complexity index is 724. The Morgan fingerprint density at radius 2 is 1.83 bits per heavy atom. The van der Waals surface area contributed by atoms with Crippen LogP contribution in [0.3, 0.4) is 0 Å². The molecule has 1 atom stereocenters. The number of morpholine rings is 1. The molecule has 1 aromatic heterocycles. The van der Waals surface area contributed by atoms with Gasteiger partial charge in [-0.3, -0.25) is 14.6 Å². The summed E-state index contributed by atoms with van der Waals surface area (Å²) in [6.07, 6.45) is 6.67. The molecule has 3 aliphatic rings. The number of likely N-dealkylation sites (tertiary alicyclic amines) is 2. The number of aromatic nitrogens is 1. The van der Waals surface area contributed by atoms with Crippen LogP contribution < -0.4 is 0 Å². The summed E-state index contributed by atoms with van der Waals surface area (Å²) < 4.78 is 5.32. The van der Waals surface area contributed by atoms with E-state index in [0.717, 1.165) is 50.6 Å². The predicted molar refractivity (Wildman–Crippen MR) is 114 cm³/mol. The lowest BCUT2D eigenvalue weighted by molar-refractivity contribution is -0.132. The number of amides is 2. The molecule has 4 rings (SSSR count). The fourth-order valence-corrected chi connectivity index (χ4v) is 4.73. The Morgan fingerprint density at radius 1 is 1.07 bits per heavy atom. The largest absolute Gasteiger partial charge is 0.378 e. The molecular weight excluding hydrogens is 380 g/mol. The first-order valence-corrected chi connectivity index (χ1v) is 11.5. The molecule has 30 heavy (non-hydrogen) atoms. The molecule has 2 amide bonds. The van der Waals surface area contributed by atoms with Gasteiger partial charge in [0, 0.05) is 38.8 Å². The highest BCUT2D eigenvalue weighted by Crippen LogP contribution is 2.31. The molecule has 3 fully saturated rings. The van der Waals surface area contributed by atoms with Crippen LogP contribution in [0.4, 0.5) is 0 Å². The number of carbonyl (C=O) groups excluding carboxylic acids is 2. The lowest BCUT2D eigenvalue weighted by Crippen LogP contribution is -2.40. The summed E-state index contributed by atoms with van der Waals surface area (Å²) in [5.41, 5.74) is 1.50. The first-order chi connectivity index (χ1) is 14.6. The third-order valence-corrected chi connectivity index (χ3v) is 6.76. The minimum atomic E-state index is 0.00699. The average Bonchev–Trinajstić information content (AvgIpc) is 3.29. The summed E-state index contributed by atoms with van der Waals surface area (Å²) in [5, 5.41) is 0. The molecule has 0 N–H and O–H groups in total. The quantitative estimate of drug-likeness (QED) is 0.740. The molecular formula is C23H34N4O3. The lowest BCUT2D eigenvalue weighted by Gasteiger charge is -2.31. The molecule has 7 heteroatoms. The van der Waals surface area contributed by atoms with Crippen LogP contribution in [-0.4, -0.2) is 84.0 Å². The highest BCUT2D eigenvalue weighted by Gasteiger charge is 2.31. The van der Waals surface area contributed by atoms with Crippen molar-refractivity contribution in [2.24, 2.45) is 5.92 Å². The molecule has 1 aromatic rings. The van der Waals surface area contributed by atoms with Crippen LogP contribution in [0.5, 0.6) is 0 Å². The number of carbonyl (C=O) groups is 2. The zero-order chi connectivity index (χ0) is 20.9. The van der Waals surface area contributed by atoms with E-state index in [1.165, 1.54) is 12.8 Å². The second kappa shape index (κ2) is 9.88. The van der Waals surface area contributed by atoms with Gasteiger partial charge in [0.25, 0.3) is 5.91 Å². The molecule has 0 spiro atoms. The van der Waals surface area contributed by atoms with E-state index in [-0.39, 0.29) is 17.9 Å². The monoisotopic (exact) mass is 414 g/mol. The van der Waals surface area contributed by atoms with E-state index in [1.807, 2.05) is 21.9 Å². The summed E-state index contributed by atoms with van der Waals surface area (Å²) in [6.45, 7) is 8.62. The van der Waals surface area contributed by atoms with Crippen molar-refractivity contribution in [1.82, 2.24) is 19.7 Å². The van der Waals surface area contributed by atoms with E-state index < -0.39 is 0 Å². The maximum absolute atomic E-state index is 12.9. The van der Waals surface area contributed by atoms with Gasteiger partial charge < -0.3 is 19.4 Å². The summed E-state index contributed by atoms with van der Waals surface area (Å²) in [6, 6.07) is 3.82. The minimum absolute atomic E-state index is 0.00699. The molecule has 0 aliphatic carbocycles. The van der Waals surface area contributed by atoms with Crippen molar-refractivity contribution in [2.45, 2.75) is 45.1 Å². The van der Waals surface area contributed by atoms with Gasteiger partial charge in [-0.1, -0.05) is 6.92 Å². The SMILES string of the molecule is CC1CCN(CCC(=O)N2CCC[C@H]2c2ccc(C(=O)N3CCOCC3)cn2)CC1. The van der Waals surface area contributed by atoms with Crippen LogP contribution in [-0.2, 0) is 9.53 Å². The van der Waals surface area contributed by atoms with Crippen LogP contribution in [0.2, 0.25) is 0 Å². The highest BCUT2D eigenvalue weighted by atomic mass is 16.5. The van der Waals surface area contributed by atoms with Crippen molar-refractivity contribution >= 4 is 11.8 Å². The Hall–Kier alpha value is -1.99. The van der Waals surface area contributed by atoms with Crippen LogP contribution >= 0.6 is 0 Å². The van der Waals surface area contributed by atoms with E-state index in [4.69, 9.17) is 4.74 Å². The van der Waals surface area contributed by atoms with E-state index in [2.05, 4.69) is 16.8 Å². The van der Waals surface area contributed by atoms with Crippen LogP contribution in [0.15, 0.2) is 18.3 Å². The molecule has 0 saturated carbocycles. The Kier molecular flexibility index (Phi) is 7.00. The summed E-state index contributed by atoms with van der Waals surface area (Å²) >= 11 is 0. The molecule has 0 unspecified atom stereocenters. The van der Waals surface area contributed by atoms with Gasteiger partial charge in [-0.15, -0.1) is 0 Å². The molecule has 3 saturated heterocycles. The van der Waals surface area contributed by atoms with Gasteiger partial charge in [0.15, 0.2) is 0 Å². The third kappa shape index (κ3) is 5.01. The fourth-order valence-electron chi connectivity index (χ4n) is 4.73. The van der Waals surface area contributed by atoms with Crippen LogP contribution in [0.25, 0.3) is 0 Å². The smallest absolute Gasteiger partial charge is 0.255 e. The molecule has 7 nitrogen and oxygen atoms in total. The third-order valence-electron chi connectivity index (χ3n) is 6.76. The maximum atomic E-state index is 12.9. The van der Waals surface area contributed by atoms with Gasteiger partial charge in [0.05, 0.1) is 30.5 Å². The molecule has 164 valence electrons. The van der Waals surface area contributed by atoms with Crippen molar-refractivity contribution in [2.75, 3.05) is 52.5 Å². The summed E-state index contributed by atoms with van der Waals surface area (Å²) in [7, 11) is 0. The highest BCUT2D eigenvalue weighted by molar-refractivity contribution is 5.94. The zero-order valence-electron chi connectivity index (χ0n) is 18.1. The van der Waals surface area contributed by atoms with Crippen molar-refractivity contribution in [3.05, 3.63) is 29.6 Å². The average molecular weight is 415 g/mol. The summed E-state index contributed by atoms with van der Waals surface area (Å²) in [5.74, 6) is 1.04. The van der Waals surface area contributed by atoms with E-state index >= 15 is 0 Å². The molecule has 0 bridgehead atoms. The lowest BCUT2D eigenvalue weighted by atomic mass is 9.99. The van der Waals surface area contributed by atoms with Crippen molar-refractivity contribution in [3.8, 4) is 0 Å². The van der Waals surface area contributed by atoms with Gasteiger partial charge in [-0.05, 0) is 56.8 Å². The Morgan fingerprint density at radius 3 is 2.53 bits per heavy atom. The Labute approximate surface area is 179 Å². The molecule has 0 aromatic carbocycles. The predicted octanol–water partition coefficient (Wildman–Crippen LogP) is 2.34. The van der Waals surface area contributed by atoms with E-state index in [9.17, 15) is 9.59 Å². The van der Waals surface area contributed by atoms with Gasteiger partial charge in [0.2, 0.25) is 5.91 Å². The van der Waals surface area contributed by atoms with Gasteiger partial charge in [-0.2, -0.15) is 0 Å². The number of pyridine rings is 1. The van der Waals surface area contributed by atoms with Crippen molar-refractivity contribution in [3.63, 3.8) is 0 Å².